The maximum atomic E-state index is 13.9. The van der Waals surface area contributed by atoms with Crippen LogP contribution >= 0.6 is 0 Å². The monoisotopic (exact) mass is 292 g/mol. The van der Waals surface area contributed by atoms with E-state index in [0.717, 1.165) is 5.56 Å². The van der Waals surface area contributed by atoms with Crippen molar-refractivity contribution in [2.24, 2.45) is 0 Å². The van der Waals surface area contributed by atoms with Crippen molar-refractivity contribution < 1.29 is 13.9 Å². The second-order valence-electron chi connectivity index (χ2n) is 4.98. The summed E-state index contributed by atoms with van der Waals surface area (Å²) in [5, 5.41) is 5.68. The first-order valence-electron chi connectivity index (χ1n) is 6.83. The molecule has 0 aromatic heterocycles. The Bertz CT molecular complexity index is 523. The van der Waals surface area contributed by atoms with Gasteiger partial charge in [0, 0.05) is 12.6 Å². The van der Waals surface area contributed by atoms with Crippen molar-refractivity contribution in [2.75, 3.05) is 6.54 Å². The number of benzene rings is 1. The molecule has 0 aliphatic rings. The van der Waals surface area contributed by atoms with E-state index in [0.29, 0.717) is 12.6 Å². The molecule has 1 aromatic rings. The number of halogens is 1. The lowest BCUT2D eigenvalue weighted by molar-refractivity contribution is -0.127. The smallest absolute Gasteiger partial charge is 0.261 e. The largest absolute Gasteiger partial charge is 0.478 e. The highest BCUT2D eigenvalue weighted by atomic mass is 19.1. The Kier molecular flexibility index (Phi) is 6.70. The number of carbonyl (C=O) groups excluding carboxylic acids is 1. The lowest BCUT2D eigenvalue weighted by Crippen LogP contribution is -2.36. The third-order valence-electron chi connectivity index (χ3n) is 2.75. The second-order valence-corrected chi connectivity index (χ2v) is 4.98. The molecule has 0 fully saturated rings. The minimum absolute atomic E-state index is 0.0478. The predicted octanol–water partition coefficient (Wildman–Crippen LogP) is 1.84. The Labute approximate surface area is 125 Å². The van der Waals surface area contributed by atoms with Gasteiger partial charge in [-0.3, -0.25) is 4.79 Å². The molecule has 0 heterocycles. The molecule has 1 atom stereocenters. The van der Waals surface area contributed by atoms with E-state index in [1.165, 1.54) is 12.1 Å². The lowest BCUT2D eigenvalue weighted by atomic mass is 10.2. The van der Waals surface area contributed by atoms with Gasteiger partial charge in [-0.2, -0.15) is 0 Å². The molecule has 1 aromatic carbocycles. The van der Waals surface area contributed by atoms with Crippen LogP contribution in [0.4, 0.5) is 4.39 Å². The average Bonchev–Trinajstić information content (AvgIpc) is 2.44. The van der Waals surface area contributed by atoms with Crippen molar-refractivity contribution in [2.45, 2.75) is 39.5 Å². The summed E-state index contributed by atoms with van der Waals surface area (Å²) in [5.74, 6) is 1.47. The first-order valence-corrected chi connectivity index (χ1v) is 6.83. The summed E-state index contributed by atoms with van der Waals surface area (Å²) in [5.41, 5.74) is 0.818. The van der Waals surface area contributed by atoms with Crippen molar-refractivity contribution in [1.29, 1.82) is 0 Å². The van der Waals surface area contributed by atoms with Crippen molar-refractivity contribution in [3.8, 4) is 18.1 Å². The van der Waals surface area contributed by atoms with Gasteiger partial charge in [0.25, 0.3) is 5.91 Å². The maximum absolute atomic E-state index is 13.9. The van der Waals surface area contributed by atoms with Gasteiger partial charge in [-0.1, -0.05) is 25.8 Å². The number of nitrogens with one attached hydrogen (secondary N) is 2. The molecule has 0 aliphatic carbocycles. The van der Waals surface area contributed by atoms with Gasteiger partial charge >= 0.3 is 0 Å². The predicted molar refractivity (Wildman–Crippen MR) is 80.3 cm³/mol. The Morgan fingerprint density at radius 3 is 2.71 bits per heavy atom. The molecule has 0 aliphatic heterocycles. The summed E-state index contributed by atoms with van der Waals surface area (Å²) in [6, 6.07) is 5.01. The molecule has 5 heteroatoms. The van der Waals surface area contributed by atoms with Crippen LogP contribution in [0.3, 0.4) is 0 Å². The molecule has 4 nitrogen and oxygen atoms in total. The van der Waals surface area contributed by atoms with Crippen LogP contribution in [0.1, 0.15) is 26.3 Å². The molecule has 2 N–H and O–H groups in total. The van der Waals surface area contributed by atoms with E-state index in [9.17, 15) is 9.18 Å². The van der Waals surface area contributed by atoms with Crippen LogP contribution in [-0.4, -0.2) is 24.6 Å². The van der Waals surface area contributed by atoms with Crippen LogP contribution in [0.15, 0.2) is 18.2 Å². The normalized spacial score (nSPS) is 11.8. The van der Waals surface area contributed by atoms with Crippen LogP contribution in [-0.2, 0) is 11.3 Å². The summed E-state index contributed by atoms with van der Waals surface area (Å²) in [6.45, 7) is 6.27. The van der Waals surface area contributed by atoms with Crippen LogP contribution in [0.5, 0.6) is 5.75 Å². The van der Waals surface area contributed by atoms with Gasteiger partial charge in [-0.25, -0.2) is 4.39 Å². The second kappa shape index (κ2) is 8.28. The molecule has 1 amide bonds. The van der Waals surface area contributed by atoms with Crippen molar-refractivity contribution in [1.82, 2.24) is 10.6 Å². The summed E-state index contributed by atoms with van der Waals surface area (Å²) in [6.07, 6.45) is 4.24. The molecular weight excluding hydrogens is 271 g/mol. The first-order chi connectivity index (χ1) is 9.93. The third-order valence-corrected chi connectivity index (χ3v) is 2.75. The van der Waals surface area contributed by atoms with Crippen LogP contribution in [0.25, 0.3) is 0 Å². The van der Waals surface area contributed by atoms with Crippen LogP contribution < -0.4 is 15.4 Å². The minimum atomic E-state index is -0.813. The summed E-state index contributed by atoms with van der Waals surface area (Å²) >= 11 is 0. The summed E-state index contributed by atoms with van der Waals surface area (Å²) in [4.78, 5) is 11.6. The van der Waals surface area contributed by atoms with Gasteiger partial charge in [-0.05, 0) is 24.6 Å². The fourth-order valence-electron chi connectivity index (χ4n) is 1.60. The van der Waals surface area contributed by atoms with E-state index < -0.39 is 11.9 Å². The van der Waals surface area contributed by atoms with Gasteiger partial charge in [0.1, 0.15) is 0 Å². The van der Waals surface area contributed by atoms with Gasteiger partial charge < -0.3 is 15.4 Å². The number of carbonyl (C=O) groups is 1. The highest BCUT2D eigenvalue weighted by Gasteiger charge is 2.16. The fourth-order valence-corrected chi connectivity index (χ4v) is 1.60. The van der Waals surface area contributed by atoms with E-state index in [1.807, 2.05) is 13.8 Å². The molecule has 21 heavy (non-hydrogen) atoms. The molecule has 0 saturated heterocycles. The quantitative estimate of drug-likeness (QED) is 0.754. The fraction of sp³-hybridized carbons (Fsp3) is 0.438. The molecular formula is C16H21FN2O2. The van der Waals surface area contributed by atoms with E-state index >= 15 is 0 Å². The Hall–Kier alpha value is -2.06. The number of terminal acetylenes is 1. The minimum Gasteiger partial charge on any atom is -0.478 e. The molecule has 0 radical (unpaired) electrons. The Morgan fingerprint density at radius 1 is 1.43 bits per heavy atom. The zero-order chi connectivity index (χ0) is 15.8. The number of hydrogen-bond donors (Lipinski definition) is 2. The van der Waals surface area contributed by atoms with Gasteiger partial charge in [0.05, 0.1) is 6.54 Å². The standard InChI is InChI=1S/C16H21FN2O2/c1-5-8-18-16(20)12(4)21-15-7-6-13(9-14(15)17)10-19-11(2)3/h1,6-7,9,11-12,19H,8,10H2,2-4H3,(H,18,20). The Balaban J connectivity index is 2.64. The van der Waals surface area contributed by atoms with Gasteiger partial charge in [0.15, 0.2) is 17.7 Å². The lowest BCUT2D eigenvalue weighted by Gasteiger charge is -2.15. The highest BCUT2D eigenvalue weighted by molar-refractivity contribution is 5.80. The van der Waals surface area contributed by atoms with Crippen LogP contribution in [0, 0.1) is 18.2 Å². The molecule has 1 rings (SSSR count). The molecule has 0 bridgehead atoms. The Morgan fingerprint density at radius 2 is 2.14 bits per heavy atom. The topological polar surface area (TPSA) is 50.4 Å². The van der Waals surface area contributed by atoms with E-state index in [4.69, 9.17) is 11.2 Å². The van der Waals surface area contributed by atoms with Crippen LogP contribution in [0.2, 0.25) is 0 Å². The molecule has 1 unspecified atom stereocenters. The zero-order valence-corrected chi connectivity index (χ0v) is 12.6. The van der Waals surface area contributed by atoms with E-state index in [-0.39, 0.29) is 18.2 Å². The molecule has 114 valence electrons. The average molecular weight is 292 g/mol. The summed E-state index contributed by atoms with van der Waals surface area (Å²) < 4.78 is 19.2. The SMILES string of the molecule is C#CCNC(=O)C(C)Oc1ccc(CNC(C)C)cc1F. The van der Waals surface area contributed by atoms with Crippen molar-refractivity contribution >= 4 is 5.91 Å². The van der Waals surface area contributed by atoms with Gasteiger partial charge in [-0.15, -0.1) is 6.42 Å². The highest BCUT2D eigenvalue weighted by Crippen LogP contribution is 2.19. The van der Waals surface area contributed by atoms with Crippen molar-refractivity contribution in [3.05, 3.63) is 29.6 Å². The number of hydrogen-bond acceptors (Lipinski definition) is 3. The first kappa shape index (κ1) is 17.0. The number of rotatable bonds is 7. The van der Waals surface area contributed by atoms with Gasteiger partial charge in [0.2, 0.25) is 0 Å². The van der Waals surface area contributed by atoms with Crippen molar-refractivity contribution in [3.63, 3.8) is 0 Å². The molecule has 0 spiro atoms. The maximum Gasteiger partial charge on any atom is 0.261 e. The van der Waals surface area contributed by atoms with E-state index in [1.54, 1.807) is 13.0 Å². The number of ether oxygens (including phenoxy) is 1. The van der Waals surface area contributed by atoms with E-state index in [2.05, 4.69) is 16.6 Å². The summed E-state index contributed by atoms with van der Waals surface area (Å²) in [7, 11) is 0. The molecule has 0 saturated carbocycles. The number of amides is 1. The zero-order valence-electron chi connectivity index (χ0n) is 12.6. The third kappa shape index (κ3) is 5.84.